The zero-order chi connectivity index (χ0) is 19.8. The molecule has 0 aromatic rings. The van der Waals surface area contributed by atoms with Crippen molar-refractivity contribution in [2.24, 2.45) is 5.92 Å². The van der Waals surface area contributed by atoms with Gasteiger partial charge in [0, 0.05) is 11.6 Å². The minimum atomic E-state index is -1.03. The number of carbonyl (C=O) groups excluding carboxylic acids is 1. The van der Waals surface area contributed by atoms with Crippen molar-refractivity contribution in [3.8, 4) is 0 Å². The Hall–Kier alpha value is -1.32. The Labute approximate surface area is 160 Å². The van der Waals surface area contributed by atoms with Crippen LogP contribution >= 0.6 is 0 Å². The molecular weight excluding hydrogens is 328 g/mol. The van der Waals surface area contributed by atoms with Crippen LogP contribution in [0.3, 0.4) is 0 Å². The smallest absolute Gasteiger partial charge is 0.331 e. The number of rotatable bonds is 16. The first-order valence-electron chi connectivity index (χ1n) is 10.5. The van der Waals surface area contributed by atoms with Crippen molar-refractivity contribution >= 4 is 11.9 Å². The van der Waals surface area contributed by atoms with E-state index in [1.54, 1.807) is 0 Å². The topological polar surface area (TPSA) is 63.6 Å². The Morgan fingerprint density at radius 1 is 0.923 bits per heavy atom. The molecule has 0 aromatic heterocycles. The summed E-state index contributed by atoms with van der Waals surface area (Å²) >= 11 is 0. The molecule has 152 valence electrons. The Kier molecular flexibility index (Phi) is 15.1. The lowest BCUT2D eigenvalue weighted by Crippen LogP contribution is -2.17. The lowest BCUT2D eigenvalue weighted by atomic mass is 10.0. The molecule has 0 bridgehead atoms. The predicted octanol–water partition coefficient (Wildman–Crippen LogP) is 6.29. The van der Waals surface area contributed by atoms with Gasteiger partial charge in [0.15, 0.2) is 0 Å². The van der Waals surface area contributed by atoms with E-state index in [0.29, 0.717) is 6.42 Å². The molecular formula is C22H40O4. The molecule has 0 aliphatic heterocycles. The zero-order valence-electron chi connectivity index (χ0n) is 17.4. The Morgan fingerprint density at radius 2 is 1.50 bits per heavy atom. The van der Waals surface area contributed by atoms with Crippen LogP contribution < -0.4 is 0 Å². The van der Waals surface area contributed by atoms with Crippen LogP contribution in [0.4, 0.5) is 0 Å². The monoisotopic (exact) mass is 368 g/mol. The first-order valence-corrected chi connectivity index (χ1v) is 10.5. The number of hydrogen-bond donors (Lipinski definition) is 1. The van der Waals surface area contributed by atoms with Gasteiger partial charge in [0.05, 0.1) is 0 Å². The first kappa shape index (κ1) is 24.7. The van der Waals surface area contributed by atoms with Crippen LogP contribution in [0.25, 0.3) is 0 Å². The number of aliphatic carboxylic acids is 1. The number of carboxylic acid groups (broad SMARTS) is 1. The van der Waals surface area contributed by atoms with E-state index in [2.05, 4.69) is 13.8 Å². The minimum absolute atomic E-state index is 0.110. The molecule has 1 N–H and O–H groups in total. The summed E-state index contributed by atoms with van der Waals surface area (Å²) in [5.74, 6) is -0.743. The third kappa shape index (κ3) is 13.9. The fourth-order valence-corrected chi connectivity index (χ4v) is 2.93. The van der Waals surface area contributed by atoms with Crippen molar-refractivity contribution in [2.45, 2.75) is 111 Å². The number of unbranched alkanes of at least 4 members (excludes halogenated alkanes) is 6. The van der Waals surface area contributed by atoms with Gasteiger partial charge in [0.1, 0.15) is 6.10 Å². The van der Waals surface area contributed by atoms with Crippen LogP contribution in [0.1, 0.15) is 105 Å². The average Bonchev–Trinajstić information content (AvgIpc) is 2.59. The quantitative estimate of drug-likeness (QED) is 0.198. The normalized spacial score (nSPS) is 13.0. The minimum Gasteiger partial charge on any atom is -0.478 e. The highest BCUT2D eigenvalue weighted by Crippen LogP contribution is 2.15. The molecule has 0 fully saturated rings. The molecule has 0 rings (SSSR count). The molecule has 1 unspecified atom stereocenters. The van der Waals surface area contributed by atoms with Crippen LogP contribution in [0.2, 0.25) is 0 Å². The van der Waals surface area contributed by atoms with Crippen molar-refractivity contribution in [1.82, 2.24) is 0 Å². The van der Waals surface area contributed by atoms with E-state index in [-0.39, 0.29) is 11.7 Å². The molecule has 4 nitrogen and oxygen atoms in total. The molecule has 0 aliphatic carbocycles. The van der Waals surface area contributed by atoms with Crippen molar-refractivity contribution in [1.29, 1.82) is 0 Å². The number of ether oxygens (including phenoxy) is 1. The van der Waals surface area contributed by atoms with Crippen molar-refractivity contribution in [2.75, 3.05) is 0 Å². The Balaban J connectivity index is 4.05. The molecule has 0 radical (unpaired) electrons. The predicted molar refractivity (Wildman–Crippen MR) is 107 cm³/mol. The number of carboxylic acids is 1. The molecule has 0 spiro atoms. The van der Waals surface area contributed by atoms with Crippen molar-refractivity contribution in [3.63, 3.8) is 0 Å². The second-order valence-corrected chi connectivity index (χ2v) is 7.64. The van der Waals surface area contributed by atoms with Gasteiger partial charge >= 0.3 is 11.9 Å². The molecule has 0 amide bonds. The zero-order valence-corrected chi connectivity index (χ0v) is 17.4. The standard InChI is InChI=1S/C22H40O4/c1-5-7-15-19(22(24)25)17-21(23)26-20(6-2)16-13-11-9-8-10-12-14-18(3)4/h17-18,20H,5-16H2,1-4H3,(H,24,25). The third-order valence-corrected chi connectivity index (χ3v) is 4.66. The molecule has 4 heteroatoms. The summed E-state index contributed by atoms with van der Waals surface area (Å²) in [5, 5.41) is 9.16. The number of hydrogen-bond acceptors (Lipinski definition) is 3. The molecule has 26 heavy (non-hydrogen) atoms. The van der Waals surface area contributed by atoms with Crippen molar-refractivity contribution < 1.29 is 19.4 Å². The maximum Gasteiger partial charge on any atom is 0.331 e. The van der Waals surface area contributed by atoms with Gasteiger partial charge in [-0.1, -0.05) is 72.6 Å². The molecule has 0 saturated heterocycles. The summed E-state index contributed by atoms with van der Waals surface area (Å²) in [5.41, 5.74) is 0.146. The SMILES string of the molecule is CCCCC(=CC(=O)OC(CC)CCCCCCCCC(C)C)C(=O)O. The maximum absolute atomic E-state index is 12.0. The lowest BCUT2D eigenvalue weighted by Gasteiger charge is -2.15. The van der Waals surface area contributed by atoms with Crippen LogP contribution in [0, 0.1) is 5.92 Å². The van der Waals surface area contributed by atoms with E-state index in [1.807, 2.05) is 13.8 Å². The highest BCUT2D eigenvalue weighted by Gasteiger charge is 2.14. The average molecular weight is 369 g/mol. The highest BCUT2D eigenvalue weighted by molar-refractivity contribution is 5.95. The number of esters is 1. The molecule has 0 saturated carbocycles. The third-order valence-electron chi connectivity index (χ3n) is 4.66. The number of carbonyl (C=O) groups is 2. The van der Waals surface area contributed by atoms with Crippen LogP contribution in [-0.4, -0.2) is 23.1 Å². The van der Waals surface area contributed by atoms with E-state index in [0.717, 1.165) is 44.1 Å². The van der Waals surface area contributed by atoms with E-state index in [1.165, 1.54) is 38.5 Å². The summed E-state index contributed by atoms with van der Waals surface area (Å²) in [4.78, 5) is 23.2. The van der Waals surface area contributed by atoms with E-state index < -0.39 is 11.9 Å². The fraction of sp³-hybridized carbons (Fsp3) is 0.818. The van der Waals surface area contributed by atoms with E-state index in [4.69, 9.17) is 9.84 Å². The van der Waals surface area contributed by atoms with Gasteiger partial charge in [0.25, 0.3) is 0 Å². The van der Waals surface area contributed by atoms with Gasteiger partial charge in [-0.05, 0) is 38.0 Å². The highest BCUT2D eigenvalue weighted by atomic mass is 16.5. The Morgan fingerprint density at radius 3 is 2.00 bits per heavy atom. The molecule has 1 atom stereocenters. The van der Waals surface area contributed by atoms with Gasteiger partial charge < -0.3 is 9.84 Å². The van der Waals surface area contributed by atoms with Gasteiger partial charge in [0.2, 0.25) is 0 Å². The Bertz CT molecular complexity index is 412. The maximum atomic E-state index is 12.0. The van der Waals surface area contributed by atoms with Gasteiger partial charge in [-0.25, -0.2) is 9.59 Å². The molecule has 0 aromatic carbocycles. The molecule has 0 heterocycles. The fourth-order valence-electron chi connectivity index (χ4n) is 2.93. The molecule has 0 aliphatic rings. The summed E-state index contributed by atoms with van der Waals surface area (Å²) in [6.07, 6.45) is 13.5. The van der Waals surface area contributed by atoms with Crippen LogP contribution in [-0.2, 0) is 14.3 Å². The van der Waals surface area contributed by atoms with Crippen LogP contribution in [0.5, 0.6) is 0 Å². The largest absolute Gasteiger partial charge is 0.478 e. The van der Waals surface area contributed by atoms with Gasteiger partial charge in [-0.3, -0.25) is 0 Å². The lowest BCUT2D eigenvalue weighted by molar-refractivity contribution is -0.144. The van der Waals surface area contributed by atoms with Gasteiger partial charge in [-0.2, -0.15) is 0 Å². The van der Waals surface area contributed by atoms with Gasteiger partial charge in [-0.15, -0.1) is 0 Å². The van der Waals surface area contributed by atoms with E-state index >= 15 is 0 Å². The summed E-state index contributed by atoms with van der Waals surface area (Å²) in [6.45, 7) is 8.53. The first-order chi connectivity index (χ1) is 12.4. The second-order valence-electron chi connectivity index (χ2n) is 7.64. The van der Waals surface area contributed by atoms with E-state index in [9.17, 15) is 9.59 Å². The summed E-state index contributed by atoms with van der Waals surface area (Å²) in [6, 6.07) is 0. The summed E-state index contributed by atoms with van der Waals surface area (Å²) in [7, 11) is 0. The van der Waals surface area contributed by atoms with Crippen molar-refractivity contribution in [3.05, 3.63) is 11.6 Å². The van der Waals surface area contributed by atoms with Crippen LogP contribution in [0.15, 0.2) is 11.6 Å². The summed E-state index contributed by atoms with van der Waals surface area (Å²) < 4.78 is 5.45. The second kappa shape index (κ2) is 15.9.